The molecule has 0 aliphatic heterocycles. The van der Waals surface area contributed by atoms with E-state index in [-0.39, 0.29) is 22.2 Å². The maximum absolute atomic E-state index is 12.3. The van der Waals surface area contributed by atoms with E-state index in [1.807, 2.05) is 0 Å². The van der Waals surface area contributed by atoms with Crippen LogP contribution in [0.2, 0.25) is 10.0 Å². The van der Waals surface area contributed by atoms with Gasteiger partial charge in [0.15, 0.2) is 0 Å². The van der Waals surface area contributed by atoms with E-state index in [2.05, 4.69) is 0 Å². The van der Waals surface area contributed by atoms with E-state index in [9.17, 15) is 12.3 Å². The van der Waals surface area contributed by atoms with E-state index in [0.29, 0.717) is 5.56 Å². The number of nitrogen functional groups attached to an aromatic ring is 1. The van der Waals surface area contributed by atoms with Crippen LogP contribution in [-0.4, -0.2) is 14.2 Å². The van der Waals surface area contributed by atoms with Crippen molar-refractivity contribution in [3.8, 4) is 0 Å². The lowest BCUT2D eigenvalue weighted by Gasteiger charge is -2.07. The summed E-state index contributed by atoms with van der Waals surface area (Å²) in [6.45, 7) is 0. The second-order valence-corrected chi connectivity index (χ2v) is 5.19. The third-order valence-corrected chi connectivity index (χ3v) is 3.30. The zero-order chi connectivity index (χ0) is 11.6. The third kappa shape index (κ3) is 3.52. The summed E-state index contributed by atoms with van der Waals surface area (Å²) in [6.07, 6.45) is -0.0957. The maximum atomic E-state index is 12.3. The van der Waals surface area contributed by atoms with E-state index < -0.39 is 16.0 Å². The van der Waals surface area contributed by atoms with Gasteiger partial charge in [-0.2, -0.15) is 8.42 Å². The van der Waals surface area contributed by atoms with Gasteiger partial charge in [-0.05, 0) is 24.1 Å². The average molecular weight is 272 g/mol. The first-order valence-corrected chi connectivity index (χ1v) is 6.27. The number of benzene rings is 1. The molecule has 0 saturated carbocycles. The second kappa shape index (κ2) is 4.55. The molecule has 0 bridgehead atoms. The highest BCUT2D eigenvalue weighted by Gasteiger charge is 2.13. The Bertz CT molecular complexity index is 476. The molecule has 0 aliphatic rings. The van der Waals surface area contributed by atoms with E-state index in [0.717, 1.165) is 0 Å². The first kappa shape index (κ1) is 12.5. The predicted molar refractivity (Wildman–Crippen MR) is 59.5 cm³/mol. The first-order valence-electron chi connectivity index (χ1n) is 3.96. The van der Waals surface area contributed by atoms with Crippen LogP contribution in [0, 0.1) is 0 Å². The summed E-state index contributed by atoms with van der Waals surface area (Å²) in [5.41, 5.74) is 6.13. The van der Waals surface area contributed by atoms with Crippen LogP contribution in [0.15, 0.2) is 12.1 Å². The molecule has 0 aromatic heterocycles. The first-order chi connectivity index (χ1) is 6.81. The van der Waals surface area contributed by atoms with Gasteiger partial charge in [-0.25, -0.2) is 0 Å². The number of hydrogen-bond acceptors (Lipinski definition) is 3. The normalized spacial score (nSPS) is 11.7. The molecule has 1 aromatic carbocycles. The second-order valence-electron chi connectivity index (χ2n) is 2.92. The number of anilines is 1. The van der Waals surface area contributed by atoms with E-state index in [1.165, 1.54) is 12.1 Å². The molecule has 0 fully saturated rings. The van der Waals surface area contributed by atoms with Crippen LogP contribution in [0.1, 0.15) is 5.56 Å². The van der Waals surface area contributed by atoms with Crippen molar-refractivity contribution in [3.05, 3.63) is 27.7 Å². The van der Waals surface area contributed by atoms with Gasteiger partial charge in [-0.3, -0.25) is 0 Å². The van der Waals surface area contributed by atoms with E-state index in [4.69, 9.17) is 28.9 Å². The molecule has 0 heterocycles. The Balaban J connectivity index is 2.99. The van der Waals surface area contributed by atoms with Gasteiger partial charge < -0.3 is 5.73 Å². The van der Waals surface area contributed by atoms with Crippen LogP contribution >= 0.6 is 23.2 Å². The molecule has 0 spiro atoms. The molecule has 15 heavy (non-hydrogen) atoms. The lowest BCUT2D eigenvalue weighted by Crippen LogP contribution is -2.04. The minimum Gasteiger partial charge on any atom is -0.398 e. The molecule has 1 aromatic rings. The Morgan fingerprint density at radius 2 is 1.93 bits per heavy atom. The quantitative estimate of drug-likeness (QED) is 0.679. The van der Waals surface area contributed by atoms with Gasteiger partial charge in [0.1, 0.15) is 0 Å². The highest BCUT2D eigenvalue weighted by molar-refractivity contribution is 7.86. The molecule has 84 valence electrons. The molecule has 0 saturated heterocycles. The van der Waals surface area contributed by atoms with Crippen LogP contribution in [0.5, 0.6) is 0 Å². The molecular formula is C8H8Cl2FNO2S. The fourth-order valence-electron chi connectivity index (χ4n) is 1.07. The zero-order valence-corrected chi connectivity index (χ0v) is 9.83. The lowest BCUT2D eigenvalue weighted by molar-refractivity contribution is 0.551. The summed E-state index contributed by atoms with van der Waals surface area (Å²) in [5, 5.41) is 0.448. The van der Waals surface area contributed by atoms with Crippen molar-refractivity contribution in [2.75, 3.05) is 11.5 Å². The van der Waals surface area contributed by atoms with E-state index >= 15 is 0 Å². The summed E-state index contributed by atoms with van der Waals surface area (Å²) in [4.78, 5) is 0. The van der Waals surface area contributed by atoms with Gasteiger partial charge in [0.25, 0.3) is 0 Å². The van der Waals surface area contributed by atoms with Crippen LogP contribution in [0.3, 0.4) is 0 Å². The zero-order valence-electron chi connectivity index (χ0n) is 7.50. The highest BCUT2D eigenvalue weighted by atomic mass is 35.5. The van der Waals surface area contributed by atoms with Crippen LogP contribution in [-0.2, 0) is 16.6 Å². The number of nitrogens with two attached hydrogens (primary N) is 1. The largest absolute Gasteiger partial charge is 0.398 e. The van der Waals surface area contributed by atoms with Crippen molar-refractivity contribution in [2.24, 2.45) is 0 Å². The van der Waals surface area contributed by atoms with Gasteiger partial charge in [0, 0.05) is 5.02 Å². The van der Waals surface area contributed by atoms with Gasteiger partial charge in [-0.15, -0.1) is 3.89 Å². The molecule has 3 nitrogen and oxygen atoms in total. The smallest absolute Gasteiger partial charge is 0.302 e. The molecule has 0 radical (unpaired) electrons. The fourth-order valence-corrected chi connectivity index (χ4v) is 2.08. The highest BCUT2D eigenvalue weighted by Crippen LogP contribution is 2.30. The van der Waals surface area contributed by atoms with Gasteiger partial charge in [-0.1, -0.05) is 23.2 Å². The van der Waals surface area contributed by atoms with Crippen molar-refractivity contribution < 1.29 is 12.3 Å². The summed E-state index contributed by atoms with van der Waals surface area (Å²) in [6, 6.07) is 2.99. The molecule has 0 atom stereocenters. The number of halogens is 3. The average Bonchev–Trinajstić information content (AvgIpc) is 2.10. The van der Waals surface area contributed by atoms with Crippen molar-refractivity contribution >= 4 is 39.1 Å². The van der Waals surface area contributed by atoms with Crippen LogP contribution in [0.25, 0.3) is 0 Å². The summed E-state index contributed by atoms with van der Waals surface area (Å²) in [5.74, 6) is -0.657. The Morgan fingerprint density at radius 1 is 1.33 bits per heavy atom. The monoisotopic (exact) mass is 271 g/mol. The topological polar surface area (TPSA) is 60.2 Å². The number of hydrogen-bond donors (Lipinski definition) is 1. The molecule has 1 rings (SSSR count). The molecule has 0 unspecified atom stereocenters. The predicted octanol–water partition coefficient (Wildman–Crippen LogP) is 2.42. The van der Waals surface area contributed by atoms with Gasteiger partial charge in [0.2, 0.25) is 0 Å². The Morgan fingerprint density at radius 3 is 2.47 bits per heavy atom. The molecule has 2 N–H and O–H groups in total. The minimum atomic E-state index is -4.53. The maximum Gasteiger partial charge on any atom is 0.302 e. The van der Waals surface area contributed by atoms with E-state index in [1.54, 1.807) is 0 Å². The van der Waals surface area contributed by atoms with Crippen molar-refractivity contribution in [3.63, 3.8) is 0 Å². The molecule has 0 aliphatic carbocycles. The van der Waals surface area contributed by atoms with Crippen LogP contribution in [0.4, 0.5) is 9.57 Å². The van der Waals surface area contributed by atoms with Gasteiger partial charge in [0.05, 0.1) is 16.5 Å². The summed E-state index contributed by atoms with van der Waals surface area (Å²) < 4.78 is 32.9. The Kier molecular flexibility index (Phi) is 3.81. The standard InChI is InChI=1S/C8H8Cl2FNO2S/c9-6-1-2-7(12)8(10)5(6)3-4-15(11,13)14/h1-2H,3-4,12H2. The van der Waals surface area contributed by atoms with Crippen molar-refractivity contribution in [1.29, 1.82) is 0 Å². The SMILES string of the molecule is Nc1ccc(Cl)c(CCS(=O)(=O)F)c1Cl. The van der Waals surface area contributed by atoms with Gasteiger partial charge >= 0.3 is 10.2 Å². The fraction of sp³-hybridized carbons (Fsp3) is 0.250. The lowest BCUT2D eigenvalue weighted by atomic mass is 10.1. The number of rotatable bonds is 3. The third-order valence-electron chi connectivity index (χ3n) is 1.81. The minimum absolute atomic E-state index is 0.0957. The Labute approximate surface area is 97.2 Å². The molecule has 7 heteroatoms. The molecule has 0 amide bonds. The summed E-state index contributed by atoms with van der Waals surface area (Å²) in [7, 11) is -4.53. The Hall–Kier alpha value is -0.520. The van der Waals surface area contributed by atoms with Crippen molar-refractivity contribution in [2.45, 2.75) is 6.42 Å². The summed E-state index contributed by atoms with van der Waals surface area (Å²) >= 11 is 11.6. The molecular weight excluding hydrogens is 264 g/mol. The van der Waals surface area contributed by atoms with Crippen LogP contribution < -0.4 is 5.73 Å². The van der Waals surface area contributed by atoms with Crippen molar-refractivity contribution in [1.82, 2.24) is 0 Å².